The predicted octanol–water partition coefficient (Wildman–Crippen LogP) is 2.07. The molecule has 1 atom stereocenters. The van der Waals surface area contributed by atoms with Gasteiger partial charge in [-0.2, -0.15) is 9.61 Å². The molecule has 1 saturated heterocycles. The average molecular weight is 390 g/mol. The van der Waals surface area contributed by atoms with Crippen LogP contribution in [0.15, 0.2) is 30.6 Å². The van der Waals surface area contributed by atoms with Crippen molar-refractivity contribution in [3.05, 3.63) is 36.2 Å². The molecule has 0 unspecified atom stereocenters. The fourth-order valence-electron chi connectivity index (χ4n) is 3.76. The largest absolute Gasteiger partial charge is 0.354 e. The Morgan fingerprint density at radius 3 is 2.97 bits per heavy atom. The summed E-state index contributed by atoms with van der Waals surface area (Å²) in [6, 6.07) is 5.66. The maximum absolute atomic E-state index is 12.5. The van der Waals surface area contributed by atoms with Gasteiger partial charge >= 0.3 is 0 Å². The number of para-hydroxylation sites is 1. The van der Waals surface area contributed by atoms with Gasteiger partial charge in [-0.05, 0) is 37.8 Å². The number of aromatic nitrogens is 6. The zero-order valence-electron chi connectivity index (χ0n) is 16.4. The first kappa shape index (κ1) is 17.6. The van der Waals surface area contributed by atoms with Crippen LogP contribution in [0.5, 0.6) is 0 Å². The van der Waals surface area contributed by atoms with Crippen molar-refractivity contribution in [1.82, 2.24) is 34.7 Å². The molecule has 0 radical (unpaired) electrons. The van der Waals surface area contributed by atoms with Crippen molar-refractivity contribution in [3.63, 3.8) is 0 Å². The number of hydrogen-bond donors (Lipinski definition) is 2. The molecule has 1 aliphatic rings. The van der Waals surface area contributed by atoms with Crippen LogP contribution in [-0.4, -0.2) is 47.9 Å². The summed E-state index contributed by atoms with van der Waals surface area (Å²) in [4.78, 5) is 22.1. The van der Waals surface area contributed by atoms with E-state index in [1.165, 1.54) is 0 Å². The van der Waals surface area contributed by atoms with Gasteiger partial charge in [-0.3, -0.25) is 9.48 Å². The molecule has 1 aliphatic heterocycles. The van der Waals surface area contributed by atoms with Gasteiger partial charge < -0.3 is 10.6 Å². The minimum Gasteiger partial charge on any atom is -0.354 e. The SMILES string of the molecule is Cc1cccc2c1nc(N[C@@H]1CCCCNC1=O)n1nc(-c3cnn(C)c3)nc21. The number of carbonyl (C=O) groups is 1. The van der Waals surface area contributed by atoms with Gasteiger partial charge in [0, 0.05) is 25.2 Å². The average Bonchev–Trinajstić information content (AvgIpc) is 3.29. The van der Waals surface area contributed by atoms with Gasteiger partial charge in [0.05, 0.1) is 17.3 Å². The minimum atomic E-state index is -0.347. The lowest BCUT2D eigenvalue weighted by Crippen LogP contribution is -2.38. The maximum atomic E-state index is 12.5. The van der Waals surface area contributed by atoms with E-state index in [-0.39, 0.29) is 11.9 Å². The van der Waals surface area contributed by atoms with E-state index in [1.807, 2.05) is 38.4 Å². The highest BCUT2D eigenvalue weighted by Crippen LogP contribution is 2.26. The first-order valence-electron chi connectivity index (χ1n) is 9.79. The Bertz CT molecular complexity index is 1220. The number of benzene rings is 1. The third kappa shape index (κ3) is 3.08. The molecule has 0 aliphatic carbocycles. The molecular weight excluding hydrogens is 368 g/mol. The Morgan fingerprint density at radius 1 is 1.24 bits per heavy atom. The molecule has 0 bridgehead atoms. The van der Waals surface area contributed by atoms with Gasteiger partial charge in [-0.15, -0.1) is 5.10 Å². The molecule has 9 heteroatoms. The Balaban J connectivity index is 1.69. The molecule has 4 aromatic rings. The van der Waals surface area contributed by atoms with Gasteiger partial charge in [0.2, 0.25) is 11.9 Å². The summed E-state index contributed by atoms with van der Waals surface area (Å²) in [5.74, 6) is 1.09. The van der Waals surface area contributed by atoms with Gasteiger partial charge in [0.25, 0.3) is 0 Å². The monoisotopic (exact) mass is 390 g/mol. The summed E-state index contributed by atoms with van der Waals surface area (Å²) in [6.45, 7) is 2.73. The highest BCUT2D eigenvalue weighted by Gasteiger charge is 2.23. The van der Waals surface area contributed by atoms with E-state index in [0.29, 0.717) is 24.0 Å². The molecular formula is C20H22N8O. The van der Waals surface area contributed by atoms with Crippen molar-refractivity contribution in [2.24, 2.45) is 7.05 Å². The summed E-state index contributed by atoms with van der Waals surface area (Å²) >= 11 is 0. The second-order valence-corrected chi connectivity index (χ2v) is 7.46. The highest BCUT2D eigenvalue weighted by molar-refractivity contribution is 5.95. The lowest BCUT2D eigenvalue weighted by molar-refractivity contribution is -0.121. The quantitative estimate of drug-likeness (QED) is 0.555. The van der Waals surface area contributed by atoms with Gasteiger partial charge in [0.15, 0.2) is 11.5 Å². The lowest BCUT2D eigenvalue weighted by atomic mass is 10.1. The van der Waals surface area contributed by atoms with E-state index in [2.05, 4.69) is 20.8 Å². The summed E-state index contributed by atoms with van der Waals surface area (Å²) < 4.78 is 3.42. The van der Waals surface area contributed by atoms with Gasteiger partial charge in [-0.1, -0.05) is 12.1 Å². The molecule has 1 fully saturated rings. The first-order valence-corrected chi connectivity index (χ1v) is 9.79. The Morgan fingerprint density at radius 2 is 2.14 bits per heavy atom. The third-order valence-electron chi connectivity index (χ3n) is 5.31. The van der Waals surface area contributed by atoms with E-state index in [4.69, 9.17) is 9.97 Å². The molecule has 2 N–H and O–H groups in total. The van der Waals surface area contributed by atoms with E-state index in [9.17, 15) is 4.79 Å². The second kappa shape index (κ2) is 6.84. The molecule has 9 nitrogen and oxygen atoms in total. The van der Waals surface area contributed by atoms with Gasteiger partial charge in [0.1, 0.15) is 6.04 Å². The highest BCUT2D eigenvalue weighted by atomic mass is 16.2. The van der Waals surface area contributed by atoms with Crippen LogP contribution in [0.4, 0.5) is 5.95 Å². The molecule has 4 heterocycles. The van der Waals surface area contributed by atoms with Crippen LogP contribution in [0.25, 0.3) is 27.9 Å². The number of fused-ring (bicyclic) bond motifs is 3. The van der Waals surface area contributed by atoms with Crippen molar-refractivity contribution >= 4 is 28.4 Å². The summed E-state index contributed by atoms with van der Waals surface area (Å²) in [5, 5.41) is 16.1. The second-order valence-electron chi connectivity index (χ2n) is 7.46. The number of rotatable bonds is 3. The number of aryl methyl sites for hydroxylation is 2. The molecule has 1 aromatic carbocycles. The smallest absolute Gasteiger partial charge is 0.242 e. The molecule has 29 heavy (non-hydrogen) atoms. The molecule has 1 amide bonds. The zero-order valence-corrected chi connectivity index (χ0v) is 16.4. The molecule has 0 saturated carbocycles. The molecule has 0 spiro atoms. The number of nitrogens with one attached hydrogen (secondary N) is 2. The predicted molar refractivity (Wildman–Crippen MR) is 109 cm³/mol. The van der Waals surface area contributed by atoms with Crippen LogP contribution in [0, 0.1) is 6.92 Å². The van der Waals surface area contributed by atoms with Crippen molar-refractivity contribution in [2.75, 3.05) is 11.9 Å². The number of carbonyl (C=O) groups excluding carboxylic acids is 1. The molecule has 3 aromatic heterocycles. The van der Waals surface area contributed by atoms with Crippen molar-refractivity contribution in [3.8, 4) is 11.4 Å². The Hall–Kier alpha value is -3.49. The molecule has 148 valence electrons. The minimum absolute atomic E-state index is 0.00470. The van der Waals surface area contributed by atoms with Crippen LogP contribution in [0.2, 0.25) is 0 Å². The standard InChI is InChI=1S/C20H22N8O/c1-12-6-5-7-14-16(12)24-20(23-15-8-3-4-9-21-19(15)29)28-18(14)25-17(26-28)13-10-22-27(2)11-13/h5-7,10-11,15H,3-4,8-9H2,1-2H3,(H,21,29)(H,23,24)/t15-/m1/s1. The van der Waals surface area contributed by atoms with Gasteiger partial charge in [-0.25, -0.2) is 9.97 Å². The van der Waals surface area contributed by atoms with Crippen molar-refractivity contribution in [1.29, 1.82) is 0 Å². The van der Waals surface area contributed by atoms with E-state index in [0.717, 1.165) is 41.3 Å². The summed E-state index contributed by atoms with van der Waals surface area (Å²) in [7, 11) is 1.86. The van der Waals surface area contributed by atoms with Crippen LogP contribution in [0.1, 0.15) is 24.8 Å². The van der Waals surface area contributed by atoms with Crippen molar-refractivity contribution < 1.29 is 4.79 Å². The van der Waals surface area contributed by atoms with Crippen LogP contribution in [-0.2, 0) is 11.8 Å². The number of hydrogen-bond acceptors (Lipinski definition) is 6. The summed E-state index contributed by atoms with van der Waals surface area (Å²) in [5.41, 5.74) is 3.43. The van der Waals surface area contributed by atoms with Crippen molar-refractivity contribution in [2.45, 2.75) is 32.2 Å². The number of amides is 1. The maximum Gasteiger partial charge on any atom is 0.242 e. The number of anilines is 1. The fourth-order valence-corrected chi connectivity index (χ4v) is 3.76. The Kier molecular flexibility index (Phi) is 4.15. The van der Waals surface area contributed by atoms with E-state index in [1.54, 1.807) is 15.4 Å². The van der Waals surface area contributed by atoms with Crippen LogP contribution in [0.3, 0.4) is 0 Å². The number of nitrogens with zero attached hydrogens (tertiary/aromatic N) is 6. The lowest BCUT2D eigenvalue weighted by Gasteiger charge is -2.17. The first-order chi connectivity index (χ1) is 14.1. The van der Waals surface area contributed by atoms with E-state index >= 15 is 0 Å². The van der Waals surface area contributed by atoms with Crippen LogP contribution < -0.4 is 10.6 Å². The summed E-state index contributed by atoms with van der Waals surface area (Å²) in [6.07, 6.45) is 6.33. The fraction of sp³-hybridized carbons (Fsp3) is 0.350. The zero-order chi connectivity index (χ0) is 20.0. The third-order valence-corrected chi connectivity index (χ3v) is 5.31. The van der Waals surface area contributed by atoms with E-state index < -0.39 is 0 Å². The topological polar surface area (TPSA) is 102 Å². The normalized spacial score (nSPS) is 17.4. The Labute approximate surface area is 167 Å². The molecule has 5 rings (SSSR count). The van der Waals surface area contributed by atoms with Crippen LogP contribution >= 0.6 is 0 Å².